The van der Waals surface area contributed by atoms with Gasteiger partial charge in [0.15, 0.2) is 18.4 Å². The van der Waals surface area contributed by atoms with Crippen molar-refractivity contribution in [3.63, 3.8) is 0 Å². The standard InChI is InChI=1S/C27H27N3O10S/c1-16(31)23(26(34)39-13-18-9-11-19(12-10-18)30(36)37)29-24(33)22(25(29)41-27(35)40-14-17-7-8-17)28-21(32)15-38-20-5-3-2-4-6-20/h2-6,9-12,17,22-23,25H,7-8,13-15H2,1H3,(H,28,32). The van der Waals surface area contributed by atoms with E-state index in [1.165, 1.54) is 24.3 Å². The van der Waals surface area contributed by atoms with Crippen molar-refractivity contribution in [1.82, 2.24) is 10.2 Å². The number of nitrogens with one attached hydrogen (secondary N) is 1. The lowest BCUT2D eigenvalue weighted by atomic mass is 10.0. The van der Waals surface area contributed by atoms with Gasteiger partial charge in [-0.2, -0.15) is 0 Å². The van der Waals surface area contributed by atoms with Crippen molar-refractivity contribution in [2.75, 3.05) is 13.2 Å². The topological polar surface area (TPSA) is 171 Å². The lowest BCUT2D eigenvalue weighted by Gasteiger charge is -2.48. The lowest BCUT2D eigenvalue weighted by molar-refractivity contribution is -0.384. The van der Waals surface area contributed by atoms with Gasteiger partial charge in [0, 0.05) is 12.1 Å². The molecule has 2 aromatic rings. The molecule has 0 aromatic heterocycles. The Morgan fingerprint density at radius 2 is 1.76 bits per heavy atom. The number of para-hydroxylation sites is 1. The Balaban J connectivity index is 1.43. The maximum atomic E-state index is 13.1. The molecule has 41 heavy (non-hydrogen) atoms. The first kappa shape index (κ1) is 29.5. The van der Waals surface area contributed by atoms with E-state index in [4.69, 9.17) is 14.2 Å². The number of rotatable bonds is 13. The third-order valence-electron chi connectivity index (χ3n) is 6.28. The van der Waals surface area contributed by atoms with Gasteiger partial charge in [-0.15, -0.1) is 0 Å². The van der Waals surface area contributed by atoms with E-state index in [-0.39, 0.29) is 24.8 Å². The Bertz CT molecular complexity index is 1320. The molecule has 1 aliphatic heterocycles. The van der Waals surface area contributed by atoms with Crippen LogP contribution in [-0.4, -0.2) is 69.4 Å². The summed E-state index contributed by atoms with van der Waals surface area (Å²) in [6.45, 7) is 0.575. The highest BCUT2D eigenvalue weighted by atomic mass is 32.2. The number of likely N-dealkylation sites (tertiary alicyclic amines) is 1. The molecule has 13 nitrogen and oxygen atoms in total. The minimum atomic E-state index is -1.69. The highest BCUT2D eigenvalue weighted by Gasteiger charge is 2.56. The van der Waals surface area contributed by atoms with Gasteiger partial charge in [0.1, 0.15) is 23.8 Å². The molecule has 1 N–H and O–H groups in total. The summed E-state index contributed by atoms with van der Waals surface area (Å²) in [5, 5.41) is 11.5. The number of benzene rings is 2. The van der Waals surface area contributed by atoms with E-state index in [0.717, 1.165) is 24.7 Å². The lowest BCUT2D eigenvalue weighted by Crippen LogP contribution is -2.74. The summed E-state index contributed by atoms with van der Waals surface area (Å²) in [4.78, 5) is 74.9. The van der Waals surface area contributed by atoms with Crippen LogP contribution in [0.4, 0.5) is 10.5 Å². The fourth-order valence-corrected chi connectivity index (χ4v) is 4.92. The van der Waals surface area contributed by atoms with Crippen LogP contribution < -0.4 is 10.1 Å². The fourth-order valence-electron chi connectivity index (χ4n) is 3.92. The SMILES string of the molecule is CC(=O)C(C(=O)OCc1ccc([N+](=O)[O-])cc1)N1C(=O)C(NC(=O)COc2ccccc2)C1SC(=O)OCC1CC1. The second-order valence-electron chi connectivity index (χ2n) is 9.45. The summed E-state index contributed by atoms with van der Waals surface area (Å²) in [5.41, 5.74) is 0.267. The molecule has 2 aliphatic rings. The van der Waals surface area contributed by atoms with E-state index in [9.17, 15) is 34.1 Å². The van der Waals surface area contributed by atoms with Crippen molar-refractivity contribution in [3.05, 3.63) is 70.3 Å². The molecule has 1 heterocycles. The molecule has 1 saturated carbocycles. The van der Waals surface area contributed by atoms with Crippen molar-refractivity contribution in [2.24, 2.45) is 5.92 Å². The number of ether oxygens (including phenoxy) is 3. The zero-order valence-electron chi connectivity index (χ0n) is 21.9. The van der Waals surface area contributed by atoms with Gasteiger partial charge in [0.25, 0.3) is 11.6 Å². The van der Waals surface area contributed by atoms with Crippen LogP contribution in [0.5, 0.6) is 5.75 Å². The van der Waals surface area contributed by atoms with Crippen LogP contribution in [0.2, 0.25) is 0 Å². The normalized spacial score (nSPS) is 18.5. The number of nitrogens with zero attached hydrogens (tertiary/aromatic N) is 2. The van der Waals surface area contributed by atoms with Crippen LogP contribution in [0.3, 0.4) is 0 Å². The first-order valence-corrected chi connectivity index (χ1v) is 13.5. The van der Waals surface area contributed by atoms with Crippen LogP contribution in [0.25, 0.3) is 0 Å². The Morgan fingerprint density at radius 3 is 2.37 bits per heavy atom. The minimum Gasteiger partial charge on any atom is -0.484 e. The summed E-state index contributed by atoms with van der Waals surface area (Å²) < 4.78 is 15.9. The van der Waals surface area contributed by atoms with E-state index >= 15 is 0 Å². The molecule has 0 bridgehead atoms. The van der Waals surface area contributed by atoms with E-state index in [1.54, 1.807) is 30.3 Å². The monoisotopic (exact) mass is 585 g/mol. The minimum absolute atomic E-state index is 0.149. The average Bonchev–Trinajstić information content (AvgIpc) is 3.80. The Hall–Kier alpha value is -4.46. The molecule has 1 aliphatic carbocycles. The number of β-lactam (4-membered cyclic amide) rings is 1. The molecule has 2 fully saturated rings. The summed E-state index contributed by atoms with van der Waals surface area (Å²) in [7, 11) is 0. The number of nitro groups is 1. The third-order valence-corrected chi connectivity index (χ3v) is 7.33. The van der Waals surface area contributed by atoms with Gasteiger partial charge in [0.2, 0.25) is 5.91 Å². The molecule has 0 radical (unpaired) electrons. The maximum Gasteiger partial charge on any atom is 0.369 e. The van der Waals surface area contributed by atoms with Gasteiger partial charge in [-0.3, -0.25) is 24.5 Å². The van der Waals surface area contributed by atoms with Gasteiger partial charge in [-0.05, 0) is 67.3 Å². The van der Waals surface area contributed by atoms with Crippen LogP contribution in [0.1, 0.15) is 25.3 Å². The van der Waals surface area contributed by atoms with Crippen LogP contribution in [0.15, 0.2) is 54.6 Å². The van der Waals surface area contributed by atoms with Gasteiger partial charge in [-0.1, -0.05) is 18.2 Å². The van der Waals surface area contributed by atoms with Crippen LogP contribution >= 0.6 is 11.8 Å². The molecular formula is C27H27N3O10S. The summed E-state index contributed by atoms with van der Waals surface area (Å²) in [6.07, 6.45) is 1.89. The van der Waals surface area contributed by atoms with Crippen molar-refractivity contribution in [3.8, 4) is 5.75 Å². The van der Waals surface area contributed by atoms with E-state index in [1.807, 2.05) is 0 Å². The molecule has 2 aromatic carbocycles. The summed E-state index contributed by atoms with van der Waals surface area (Å²) >= 11 is 0.579. The predicted molar refractivity (Wildman–Crippen MR) is 144 cm³/mol. The number of nitro benzene ring substituents is 1. The Morgan fingerprint density at radius 1 is 1.07 bits per heavy atom. The second kappa shape index (κ2) is 13.3. The molecule has 0 spiro atoms. The zero-order valence-corrected chi connectivity index (χ0v) is 22.7. The molecule has 2 amide bonds. The molecule has 1 saturated heterocycles. The molecular weight excluding hydrogens is 558 g/mol. The number of ketones is 1. The predicted octanol–water partition coefficient (Wildman–Crippen LogP) is 2.61. The fraction of sp³-hybridized carbons (Fsp3) is 0.370. The molecule has 4 rings (SSSR count). The summed E-state index contributed by atoms with van der Waals surface area (Å²) in [5.74, 6) is -2.48. The van der Waals surface area contributed by atoms with Crippen molar-refractivity contribution >= 4 is 46.3 Å². The first-order valence-electron chi connectivity index (χ1n) is 12.7. The van der Waals surface area contributed by atoms with Crippen LogP contribution in [0, 0.1) is 16.0 Å². The van der Waals surface area contributed by atoms with Gasteiger partial charge in [0.05, 0.1) is 11.5 Å². The molecule has 14 heteroatoms. The van der Waals surface area contributed by atoms with E-state index in [0.29, 0.717) is 23.1 Å². The largest absolute Gasteiger partial charge is 0.484 e. The highest BCUT2D eigenvalue weighted by molar-refractivity contribution is 8.13. The third kappa shape index (κ3) is 7.81. The van der Waals surface area contributed by atoms with E-state index < -0.39 is 57.9 Å². The summed E-state index contributed by atoms with van der Waals surface area (Å²) in [6, 6.07) is 10.9. The van der Waals surface area contributed by atoms with Gasteiger partial charge < -0.3 is 24.4 Å². The Kier molecular flexibility index (Phi) is 9.55. The molecule has 3 atom stereocenters. The van der Waals surface area contributed by atoms with Crippen molar-refractivity contribution in [2.45, 2.75) is 43.8 Å². The number of non-ortho nitro benzene ring substituents is 1. The number of esters is 1. The van der Waals surface area contributed by atoms with Crippen molar-refractivity contribution < 1.29 is 43.1 Å². The number of amides is 2. The number of carbonyl (C=O) groups is 5. The number of thioether (sulfide) groups is 1. The quantitative estimate of drug-likeness (QED) is 0.120. The average molecular weight is 586 g/mol. The number of hydrogen-bond acceptors (Lipinski definition) is 11. The van der Waals surface area contributed by atoms with E-state index in [2.05, 4.69) is 5.32 Å². The van der Waals surface area contributed by atoms with Gasteiger partial charge >= 0.3 is 11.3 Å². The smallest absolute Gasteiger partial charge is 0.369 e. The number of carbonyl (C=O) groups excluding carboxylic acids is 5. The highest BCUT2D eigenvalue weighted by Crippen LogP contribution is 2.35. The number of Topliss-reactive ketones (excluding diaryl/α,β-unsaturated/α-hetero) is 1. The van der Waals surface area contributed by atoms with Crippen LogP contribution in [-0.2, 0) is 35.3 Å². The zero-order chi connectivity index (χ0) is 29.5. The van der Waals surface area contributed by atoms with Crippen molar-refractivity contribution in [1.29, 1.82) is 0 Å². The second-order valence-corrected chi connectivity index (χ2v) is 10.5. The first-order chi connectivity index (χ1) is 19.6. The Labute approximate surface area is 238 Å². The number of hydrogen-bond donors (Lipinski definition) is 1. The molecule has 216 valence electrons. The molecule has 3 unspecified atom stereocenters. The maximum absolute atomic E-state index is 13.1. The van der Waals surface area contributed by atoms with Gasteiger partial charge in [-0.25, -0.2) is 9.59 Å².